The lowest BCUT2D eigenvalue weighted by Gasteiger charge is -2.15. The number of hydrogen-bond donors (Lipinski definition) is 1. The van der Waals surface area contributed by atoms with Crippen LogP contribution in [0.4, 0.5) is 0 Å². The second-order valence-electron chi connectivity index (χ2n) is 2.83. The lowest BCUT2D eigenvalue weighted by molar-refractivity contribution is -0.145. The van der Waals surface area contributed by atoms with Crippen LogP contribution in [0.5, 0.6) is 0 Å². The molecule has 1 unspecified atom stereocenters. The zero-order valence-electron chi connectivity index (χ0n) is 8.16. The molecule has 0 aromatic rings. The molecule has 2 atom stereocenters. The van der Waals surface area contributed by atoms with E-state index < -0.39 is 6.04 Å². The van der Waals surface area contributed by atoms with Crippen LogP contribution in [0.3, 0.4) is 0 Å². The van der Waals surface area contributed by atoms with Gasteiger partial charge in [0.15, 0.2) is 0 Å². The molecule has 13 heavy (non-hydrogen) atoms. The first kappa shape index (κ1) is 15.0. The molecular formula is C9H18ClNO2. The average Bonchev–Trinajstić information content (AvgIpc) is 2.11. The molecule has 0 aromatic carbocycles. The second-order valence-corrected chi connectivity index (χ2v) is 2.83. The lowest BCUT2D eigenvalue weighted by atomic mass is 10.0. The average molecular weight is 208 g/mol. The number of ether oxygens (including phenoxy) is 1. The molecule has 2 N–H and O–H groups in total. The fourth-order valence-corrected chi connectivity index (χ4v) is 0.724. The van der Waals surface area contributed by atoms with Crippen LogP contribution in [-0.4, -0.2) is 18.6 Å². The van der Waals surface area contributed by atoms with Crippen molar-refractivity contribution in [3.05, 3.63) is 12.7 Å². The van der Waals surface area contributed by atoms with Crippen molar-refractivity contribution in [2.45, 2.75) is 26.3 Å². The Labute approximate surface area is 85.7 Å². The summed E-state index contributed by atoms with van der Waals surface area (Å²) in [6.45, 7) is 7.60. The zero-order chi connectivity index (χ0) is 9.56. The summed E-state index contributed by atoms with van der Waals surface area (Å²) in [5.74, 6) is -0.174. The van der Waals surface area contributed by atoms with Gasteiger partial charge in [0.1, 0.15) is 12.6 Å². The van der Waals surface area contributed by atoms with Gasteiger partial charge in [-0.15, -0.1) is 12.4 Å². The van der Waals surface area contributed by atoms with E-state index in [1.54, 1.807) is 0 Å². The van der Waals surface area contributed by atoms with Gasteiger partial charge in [0.25, 0.3) is 0 Å². The molecule has 0 spiro atoms. The first-order valence-electron chi connectivity index (χ1n) is 4.16. The van der Waals surface area contributed by atoms with E-state index in [-0.39, 0.29) is 30.9 Å². The van der Waals surface area contributed by atoms with E-state index in [9.17, 15) is 4.79 Å². The van der Waals surface area contributed by atoms with Gasteiger partial charge in [-0.2, -0.15) is 0 Å². The number of nitrogens with two attached hydrogens (primary N) is 1. The number of halogens is 1. The van der Waals surface area contributed by atoms with E-state index in [1.165, 1.54) is 6.08 Å². The third-order valence-corrected chi connectivity index (χ3v) is 1.87. The highest BCUT2D eigenvalue weighted by Crippen LogP contribution is 2.06. The van der Waals surface area contributed by atoms with Crippen LogP contribution in [0.15, 0.2) is 12.7 Å². The highest BCUT2D eigenvalue weighted by Gasteiger charge is 2.19. The van der Waals surface area contributed by atoms with Crippen LogP contribution >= 0.6 is 12.4 Å². The van der Waals surface area contributed by atoms with Gasteiger partial charge in [0.05, 0.1) is 0 Å². The van der Waals surface area contributed by atoms with Gasteiger partial charge in [-0.25, -0.2) is 0 Å². The molecule has 0 aromatic heterocycles. The predicted molar refractivity (Wildman–Crippen MR) is 55.8 cm³/mol. The fraction of sp³-hybridized carbons (Fsp3) is 0.667. The van der Waals surface area contributed by atoms with Crippen molar-refractivity contribution in [2.24, 2.45) is 11.7 Å². The van der Waals surface area contributed by atoms with Gasteiger partial charge in [-0.05, 0) is 5.92 Å². The Bertz CT molecular complexity index is 162. The molecule has 0 aliphatic heterocycles. The van der Waals surface area contributed by atoms with Crippen LogP contribution in [0, 0.1) is 5.92 Å². The van der Waals surface area contributed by atoms with Gasteiger partial charge < -0.3 is 10.5 Å². The maximum absolute atomic E-state index is 11.1. The van der Waals surface area contributed by atoms with Gasteiger partial charge in [0, 0.05) is 0 Å². The van der Waals surface area contributed by atoms with Crippen molar-refractivity contribution in [1.82, 2.24) is 0 Å². The molecule has 0 radical (unpaired) electrons. The number of rotatable bonds is 5. The molecular weight excluding hydrogens is 190 g/mol. The smallest absolute Gasteiger partial charge is 0.323 e. The van der Waals surface area contributed by atoms with Crippen LogP contribution in [0.2, 0.25) is 0 Å². The van der Waals surface area contributed by atoms with Gasteiger partial charge in [-0.1, -0.05) is 32.9 Å². The van der Waals surface area contributed by atoms with E-state index in [0.29, 0.717) is 0 Å². The molecule has 0 amide bonds. The Hall–Kier alpha value is -0.540. The topological polar surface area (TPSA) is 52.3 Å². The molecule has 0 heterocycles. The summed E-state index contributed by atoms with van der Waals surface area (Å²) in [5, 5.41) is 0. The standard InChI is InChI=1S/C9H17NO2.ClH/c1-4-6-12-9(11)8(10)7(3)5-2;/h4,7-8H,1,5-6,10H2,2-3H3;1H/t7?,8-;/m0./s1. The monoisotopic (exact) mass is 207 g/mol. The first-order valence-corrected chi connectivity index (χ1v) is 4.16. The Morgan fingerprint density at radius 2 is 2.23 bits per heavy atom. The fourth-order valence-electron chi connectivity index (χ4n) is 0.724. The number of carbonyl (C=O) groups is 1. The largest absolute Gasteiger partial charge is 0.460 e. The highest BCUT2D eigenvalue weighted by molar-refractivity contribution is 5.85. The molecule has 0 saturated heterocycles. The van der Waals surface area contributed by atoms with Gasteiger partial charge in [0.2, 0.25) is 0 Å². The van der Waals surface area contributed by atoms with Crippen molar-refractivity contribution in [3.63, 3.8) is 0 Å². The van der Waals surface area contributed by atoms with Crippen molar-refractivity contribution in [3.8, 4) is 0 Å². The summed E-state index contributed by atoms with van der Waals surface area (Å²) in [6, 6.07) is -0.505. The maximum Gasteiger partial charge on any atom is 0.323 e. The molecule has 0 rings (SSSR count). The molecule has 0 aliphatic rings. The number of carbonyl (C=O) groups excluding carboxylic acids is 1. The molecule has 0 saturated carbocycles. The maximum atomic E-state index is 11.1. The Morgan fingerprint density at radius 3 is 2.62 bits per heavy atom. The SMILES string of the molecule is C=CCOC(=O)[C@@H](N)C(C)CC.Cl. The van der Waals surface area contributed by atoms with E-state index in [4.69, 9.17) is 10.5 Å². The quantitative estimate of drug-likeness (QED) is 0.549. The zero-order valence-corrected chi connectivity index (χ0v) is 8.97. The third kappa shape index (κ3) is 5.66. The third-order valence-electron chi connectivity index (χ3n) is 1.87. The van der Waals surface area contributed by atoms with E-state index in [0.717, 1.165) is 6.42 Å². The summed E-state index contributed by atoms with van der Waals surface area (Å²) < 4.78 is 4.79. The van der Waals surface area contributed by atoms with E-state index in [2.05, 4.69) is 6.58 Å². The molecule has 0 aliphatic carbocycles. The Morgan fingerprint density at radius 1 is 1.69 bits per heavy atom. The second kappa shape index (κ2) is 8.08. The van der Waals surface area contributed by atoms with Crippen LogP contribution in [-0.2, 0) is 9.53 Å². The molecule has 0 bridgehead atoms. The Balaban J connectivity index is 0. The van der Waals surface area contributed by atoms with Gasteiger partial charge in [-0.3, -0.25) is 4.79 Å². The van der Waals surface area contributed by atoms with Crippen LogP contribution in [0.1, 0.15) is 20.3 Å². The van der Waals surface area contributed by atoms with Crippen molar-refractivity contribution >= 4 is 18.4 Å². The summed E-state index contributed by atoms with van der Waals surface area (Å²) in [7, 11) is 0. The van der Waals surface area contributed by atoms with Crippen molar-refractivity contribution < 1.29 is 9.53 Å². The summed E-state index contributed by atoms with van der Waals surface area (Å²) >= 11 is 0. The minimum absolute atomic E-state index is 0. The molecule has 3 nitrogen and oxygen atoms in total. The van der Waals surface area contributed by atoms with Crippen LogP contribution < -0.4 is 5.73 Å². The molecule has 0 fully saturated rings. The summed E-state index contributed by atoms with van der Waals surface area (Å²) in [6.07, 6.45) is 2.41. The molecule has 4 heteroatoms. The summed E-state index contributed by atoms with van der Waals surface area (Å²) in [4.78, 5) is 11.1. The normalized spacial score (nSPS) is 13.8. The lowest BCUT2D eigenvalue weighted by Crippen LogP contribution is -2.38. The van der Waals surface area contributed by atoms with Crippen molar-refractivity contribution in [1.29, 1.82) is 0 Å². The van der Waals surface area contributed by atoms with Crippen molar-refractivity contribution in [2.75, 3.05) is 6.61 Å². The van der Waals surface area contributed by atoms with E-state index >= 15 is 0 Å². The van der Waals surface area contributed by atoms with E-state index in [1.807, 2.05) is 13.8 Å². The predicted octanol–water partition coefficient (Wildman–Crippen LogP) is 1.51. The van der Waals surface area contributed by atoms with Gasteiger partial charge >= 0.3 is 5.97 Å². The summed E-state index contributed by atoms with van der Waals surface area (Å²) in [5.41, 5.74) is 5.60. The first-order chi connectivity index (χ1) is 5.63. The minimum Gasteiger partial charge on any atom is -0.460 e. The van der Waals surface area contributed by atoms with Crippen LogP contribution in [0.25, 0.3) is 0 Å². The number of esters is 1. The molecule has 78 valence electrons. The minimum atomic E-state index is -0.505. The highest BCUT2D eigenvalue weighted by atomic mass is 35.5. The number of hydrogen-bond acceptors (Lipinski definition) is 3. The Kier molecular flexibility index (Phi) is 9.29.